The van der Waals surface area contributed by atoms with Crippen molar-refractivity contribution in [1.29, 1.82) is 0 Å². The number of carbonyl (C=O) groups is 1. The zero-order chi connectivity index (χ0) is 17.2. The number of rotatable bonds is 5. The Morgan fingerprint density at radius 1 is 1.35 bits per heavy atom. The first kappa shape index (κ1) is 17.3. The minimum Gasteiger partial charge on any atom is -0.394 e. The molecule has 1 atom stereocenters. The molecule has 0 bridgehead atoms. The van der Waals surface area contributed by atoms with Crippen LogP contribution in [-0.4, -0.2) is 38.3 Å². The third-order valence-electron chi connectivity index (χ3n) is 3.30. The van der Waals surface area contributed by atoms with E-state index in [1.165, 1.54) is 18.3 Å². The average molecular weight is 326 g/mol. The molecule has 0 aliphatic heterocycles. The predicted octanol–water partition coefficient (Wildman–Crippen LogP) is 2.19. The second-order valence-corrected chi connectivity index (χ2v) is 6.62. The smallest absolute Gasteiger partial charge is 0.297 e. The number of aliphatic hydroxyl groups is 1. The Labute approximate surface area is 132 Å². The molecule has 2 heterocycles. The van der Waals surface area contributed by atoms with E-state index in [0.717, 1.165) is 4.40 Å². The monoisotopic (exact) mass is 326 g/mol. The van der Waals surface area contributed by atoms with Gasteiger partial charge >= 0.3 is 0 Å². The molecule has 0 aromatic carbocycles. The topological polar surface area (TPSA) is 79.5 Å². The molecule has 2 N–H and O–H groups in total. The lowest BCUT2D eigenvalue weighted by Gasteiger charge is -2.25. The zero-order valence-electron chi connectivity index (χ0n) is 13.3. The first-order chi connectivity index (χ1) is 10.7. The van der Waals surface area contributed by atoms with Gasteiger partial charge in [0.15, 0.2) is 5.65 Å². The first-order valence-electron chi connectivity index (χ1n) is 7.26. The molecule has 2 aromatic rings. The summed E-state index contributed by atoms with van der Waals surface area (Å²) in [5, 5.41) is 19.2. The van der Waals surface area contributed by atoms with Crippen LogP contribution in [-0.2, 0) is 0 Å². The lowest BCUT2D eigenvalue weighted by molar-refractivity contribution is 0.0896. The van der Waals surface area contributed by atoms with Crippen molar-refractivity contribution in [2.24, 2.45) is 5.41 Å². The summed E-state index contributed by atoms with van der Waals surface area (Å²) in [7, 11) is 0. The van der Waals surface area contributed by atoms with Crippen LogP contribution in [0.25, 0.3) is 5.65 Å². The van der Waals surface area contributed by atoms with E-state index in [1.54, 1.807) is 0 Å². The highest BCUT2D eigenvalue weighted by Crippen LogP contribution is 2.21. The van der Waals surface area contributed by atoms with E-state index < -0.39 is 24.2 Å². The normalized spacial score (nSPS) is 13.5. The van der Waals surface area contributed by atoms with Crippen LogP contribution < -0.4 is 5.32 Å². The van der Waals surface area contributed by atoms with Gasteiger partial charge in [-0.2, -0.15) is 0 Å². The highest BCUT2D eigenvalue weighted by Gasteiger charge is 2.21. The summed E-state index contributed by atoms with van der Waals surface area (Å²) in [5.74, 6) is -0.952. The fourth-order valence-corrected chi connectivity index (χ4v) is 2.36. The van der Waals surface area contributed by atoms with Gasteiger partial charge < -0.3 is 10.4 Å². The largest absolute Gasteiger partial charge is 0.394 e. The third kappa shape index (κ3) is 4.22. The molecule has 8 heteroatoms. The first-order valence-corrected chi connectivity index (χ1v) is 7.26. The number of amides is 1. The van der Waals surface area contributed by atoms with Gasteiger partial charge in [-0.1, -0.05) is 20.8 Å². The van der Waals surface area contributed by atoms with E-state index in [9.17, 15) is 18.7 Å². The second-order valence-electron chi connectivity index (χ2n) is 6.62. The zero-order valence-corrected chi connectivity index (χ0v) is 13.3. The summed E-state index contributed by atoms with van der Waals surface area (Å²) < 4.78 is 26.8. The minimum absolute atomic E-state index is 0.0677. The Bertz CT molecular complexity index is 694. The van der Waals surface area contributed by atoms with E-state index >= 15 is 0 Å². The summed E-state index contributed by atoms with van der Waals surface area (Å²) in [6, 6.07) is 2.53. The van der Waals surface area contributed by atoms with Crippen LogP contribution in [0.5, 0.6) is 0 Å². The van der Waals surface area contributed by atoms with Crippen molar-refractivity contribution in [3.05, 3.63) is 29.7 Å². The molecule has 0 radical (unpaired) electrons. The number of hydrogen-bond acceptors (Lipinski definition) is 4. The molecule has 0 saturated carbocycles. The van der Waals surface area contributed by atoms with Gasteiger partial charge in [-0.25, -0.2) is 8.78 Å². The van der Waals surface area contributed by atoms with E-state index in [1.807, 2.05) is 20.8 Å². The number of halogens is 2. The summed E-state index contributed by atoms with van der Waals surface area (Å²) in [6.07, 6.45) is -0.918. The Balaban J connectivity index is 2.22. The SMILES string of the molecule is CC(C)(C)CC(CO)NC(=O)c1ccc2nnc(C(F)F)n2c1. The van der Waals surface area contributed by atoms with Gasteiger partial charge in [-0.05, 0) is 24.0 Å². The van der Waals surface area contributed by atoms with Crippen molar-refractivity contribution >= 4 is 11.6 Å². The van der Waals surface area contributed by atoms with Gasteiger partial charge in [0.1, 0.15) is 0 Å². The van der Waals surface area contributed by atoms with Gasteiger partial charge in [0.05, 0.1) is 18.2 Å². The molecule has 0 saturated heterocycles. The molecule has 23 heavy (non-hydrogen) atoms. The Kier molecular flexibility index (Phi) is 4.93. The fraction of sp³-hybridized carbons (Fsp3) is 0.533. The maximum absolute atomic E-state index is 12.9. The third-order valence-corrected chi connectivity index (χ3v) is 3.30. The number of aliphatic hydroxyl groups excluding tert-OH is 1. The minimum atomic E-state index is -2.78. The molecule has 1 amide bonds. The van der Waals surface area contributed by atoms with Crippen LogP contribution in [0.1, 0.15) is 49.8 Å². The molecule has 0 fully saturated rings. The van der Waals surface area contributed by atoms with Crippen molar-refractivity contribution < 1.29 is 18.7 Å². The van der Waals surface area contributed by atoms with Gasteiger partial charge in [-0.3, -0.25) is 9.20 Å². The van der Waals surface area contributed by atoms with Crippen LogP contribution in [0.4, 0.5) is 8.78 Å². The standard InChI is InChI=1S/C15H20F2N4O2/c1-15(2,3)6-10(8-22)18-14(23)9-4-5-11-19-20-13(12(16)17)21(11)7-9/h4-5,7,10,12,22H,6,8H2,1-3H3,(H,18,23). The van der Waals surface area contributed by atoms with Gasteiger partial charge in [-0.15, -0.1) is 10.2 Å². The number of nitrogens with one attached hydrogen (secondary N) is 1. The van der Waals surface area contributed by atoms with Crippen LogP contribution >= 0.6 is 0 Å². The molecule has 2 aromatic heterocycles. The number of aromatic nitrogens is 3. The molecule has 1 unspecified atom stereocenters. The van der Waals surface area contributed by atoms with E-state index in [-0.39, 0.29) is 23.2 Å². The number of carbonyl (C=O) groups excluding carboxylic acids is 1. The molecule has 126 valence electrons. The van der Waals surface area contributed by atoms with Crippen molar-refractivity contribution in [2.75, 3.05) is 6.61 Å². The highest BCUT2D eigenvalue weighted by molar-refractivity contribution is 5.94. The molecule has 0 spiro atoms. The van der Waals surface area contributed by atoms with Gasteiger partial charge in [0, 0.05) is 6.20 Å². The van der Waals surface area contributed by atoms with Crippen molar-refractivity contribution in [3.8, 4) is 0 Å². The van der Waals surface area contributed by atoms with Crippen molar-refractivity contribution in [2.45, 2.75) is 39.7 Å². The molecular formula is C15H20F2N4O2. The van der Waals surface area contributed by atoms with E-state index in [2.05, 4.69) is 15.5 Å². The van der Waals surface area contributed by atoms with Gasteiger partial charge in [0.25, 0.3) is 12.3 Å². The molecular weight excluding hydrogens is 306 g/mol. The van der Waals surface area contributed by atoms with E-state index in [0.29, 0.717) is 6.42 Å². The van der Waals surface area contributed by atoms with Crippen LogP contribution in [0, 0.1) is 5.41 Å². The summed E-state index contributed by atoms with van der Waals surface area (Å²) in [4.78, 5) is 12.3. The van der Waals surface area contributed by atoms with Crippen LogP contribution in [0.15, 0.2) is 18.3 Å². The maximum atomic E-state index is 12.9. The van der Waals surface area contributed by atoms with E-state index in [4.69, 9.17) is 0 Å². The summed E-state index contributed by atoms with van der Waals surface area (Å²) >= 11 is 0. The average Bonchev–Trinajstić information content (AvgIpc) is 2.87. The Morgan fingerprint density at radius 3 is 2.61 bits per heavy atom. The summed E-state index contributed by atoms with van der Waals surface area (Å²) in [5.41, 5.74) is 0.374. The van der Waals surface area contributed by atoms with Crippen molar-refractivity contribution in [3.63, 3.8) is 0 Å². The lowest BCUT2D eigenvalue weighted by atomic mass is 9.88. The molecule has 2 rings (SSSR count). The van der Waals surface area contributed by atoms with Crippen molar-refractivity contribution in [1.82, 2.24) is 19.9 Å². The number of hydrogen-bond donors (Lipinski definition) is 2. The number of nitrogens with zero attached hydrogens (tertiary/aromatic N) is 3. The molecule has 6 nitrogen and oxygen atoms in total. The highest BCUT2D eigenvalue weighted by atomic mass is 19.3. The van der Waals surface area contributed by atoms with Crippen LogP contribution in [0.3, 0.4) is 0 Å². The molecule has 0 aliphatic carbocycles. The van der Waals surface area contributed by atoms with Crippen LogP contribution in [0.2, 0.25) is 0 Å². The number of pyridine rings is 1. The maximum Gasteiger partial charge on any atom is 0.297 e. The fourth-order valence-electron chi connectivity index (χ4n) is 2.36. The van der Waals surface area contributed by atoms with Gasteiger partial charge in [0.2, 0.25) is 5.82 Å². The Hall–Kier alpha value is -2.09. The number of alkyl halides is 2. The predicted molar refractivity (Wildman–Crippen MR) is 80.4 cm³/mol. The Morgan fingerprint density at radius 2 is 2.04 bits per heavy atom. The number of fused-ring (bicyclic) bond motifs is 1. The quantitative estimate of drug-likeness (QED) is 0.883. The summed E-state index contributed by atoms with van der Waals surface area (Å²) in [6.45, 7) is 5.81. The molecule has 0 aliphatic rings. The lowest BCUT2D eigenvalue weighted by Crippen LogP contribution is -2.40. The second kappa shape index (κ2) is 6.57.